The molecule has 19 heavy (non-hydrogen) atoms. The third kappa shape index (κ3) is 2.02. The van der Waals surface area contributed by atoms with Crippen molar-refractivity contribution in [3.05, 3.63) is 22.7 Å². The molecule has 0 aliphatic carbocycles. The summed E-state index contributed by atoms with van der Waals surface area (Å²) >= 11 is 0. The fraction of sp³-hybridized carbons (Fsp3) is 0.636. The van der Waals surface area contributed by atoms with E-state index in [9.17, 15) is 20.1 Å². The molecule has 0 aromatic carbocycles. The van der Waals surface area contributed by atoms with Crippen LogP contribution in [0, 0.1) is 0 Å². The molecule has 1 aromatic rings. The van der Waals surface area contributed by atoms with Crippen molar-refractivity contribution >= 4 is 5.82 Å². The lowest BCUT2D eigenvalue weighted by Gasteiger charge is -2.28. The molecule has 1 fully saturated rings. The first-order valence-electron chi connectivity index (χ1n) is 5.76. The van der Waals surface area contributed by atoms with Crippen molar-refractivity contribution in [1.82, 2.24) is 9.55 Å². The third-order valence-corrected chi connectivity index (χ3v) is 3.43. The van der Waals surface area contributed by atoms with Crippen molar-refractivity contribution in [3.63, 3.8) is 0 Å². The smallest absolute Gasteiger partial charge is 0.351 e. The number of hydrogen-bond acceptors (Lipinski definition) is 7. The lowest BCUT2D eigenvalue weighted by molar-refractivity contribution is -0.122. The van der Waals surface area contributed by atoms with Crippen LogP contribution in [0.1, 0.15) is 20.1 Å². The Labute approximate surface area is 109 Å². The summed E-state index contributed by atoms with van der Waals surface area (Å²) < 4.78 is 6.49. The van der Waals surface area contributed by atoms with Gasteiger partial charge in [-0.25, -0.2) is 4.79 Å². The molecule has 4 atom stereocenters. The molecule has 2 heterocycles. The second kappa shape index (κ2) is 4.27. The standard InChI is InChI=1S/C11H17N3O5/c1-10(5-15)7(16)11(2,18)8(19-10)14-4-3-6(12)13-9(14)17/h3-4,7-8,15-16,18H,5H2,1-2H3,(H2,12,13,17)/t7?,8-,10-,11-/m1/s1. The molecule has 1 unspecified atom stereocenters. The molecule has 8 heteroatoms. The Bertz CT molecular complexity index is 543. The number of nitrogens with zero attached hydrogens (tertiary/aromatic N) is 2. The molecule has 1 aliphatic rings. The van der Waals surface area contributed by atoms with Crippen molar-refractivity contribution in [2.45, 2.75) is 37.4 Å². The van der Waals surface area contributed by atoms with Crippen LogP contribution in [0.3, 0.4) is 0 Å². The number of aliphatic hydroxyl groups is 3. The number of nitrogens with two attached hydrogens (primary N) is 1. The minimum absolute atomic E-state index is 0.0457. The normalized spacial score (nSPS) is 38.6. The van der Waals surface area contributed by atoms with Crippen LogP contribution in [0.25, 0.3) is 0 Å². The van der Waals surface area contributed by atoms with Gasteiger partial charge in [0.05, 0.1) is 6.61 Å². The molecule has 0 spiro atoms. The molecule has 8 nitrogen and oxygen atoms in total. The van der Waals surface area contributed by atoms with E-state index < -0.39 is 35.8 Å². The number of ether oxygens (including phenoxy) is 1. The highest BCUT2D eigenvalue weighted by Crippen LogP contribution is 2.43. The Morgan fingerprint density at radius 2 is 2.21 bits per heavy atom. The molecular formula is C11H17N3O5. The van der Waals surface area contributed by atoms with Crippen LogP contribution in [0.4, 0.5) is 5.82 Å². The summed E-state index contributed by atoms with van der Waals surface area (Å²) in [4.78, 5) is 15.3. The Morgan fingerprint density at radius 3 is 2.68 bits per heavy atom. The summed E-state index contributed by atoms with van der Waals surface area (Å²) in [6, 6.07) is 1.38. The maximum atomic E-state index is 11.8. The van der Waals surface area contributed by atoms with Gasteiger partial charge in [-0.1, -0.05) is 0 Å². The van der Waals surface area contributed by atoms with Crippen LogP contribution in [0.5, 0.6) is 0 Å². The highest BCUT2D eigenvalue weighted by Gasteiger charge is 2.59. The average Bonchev–Trinajstić information content (AvgIpc) is 2.51. The van der Waals surface area contributed by atoms with Gasteiger partial charge in [-0.2, -0.15) is 4.98 Å². The molecule has 1 aromatic heterocycles. The zero-order valence-corrected chi connectivity index (χ0v) is 10.6. The molecule has 0 saturated carbocycles. The van der Waals surface area contributed by atoms with Crippen LogP contribution in [-0.2, 0) is 4.74 Å². The summed E-state index contributed by atoms with van der Waals surface area (Å²) in [5, 5.41) is 29.7. The van der Waals surface area contributed by atoms with Crippen molar-refractivity contribution in [2.24, 2.45) is 0 Å². The Balaban J connectivity index is 2.48. The molecule has 5 N–H and O–H groups in total. The van der Waals surface area contributed by atoms with E-state index in [1.165, 1.54) is 26.1 Å². The number of aromatic nitrogens is 2. The van der Waals surface area contributed by atoms with E-state index in [1.807, 2.05) is 0 Å². The number of aliphatic hydroxyl groups excluding tert-OH is 2. The topological polar surface area (TPSA) is 131 Å². The van der Waals surface area contributed by atoms with Gasteiger partial charge in [-0.05, 0) is 19.9 Å². The van der Waals surface area contributed by atoms with Crippen LogP contribution < -0.4 is 11.4 Å². The van der Waals surface area contributed by atoms with Crippen molar-refractivity contribution in [3.8, 4) is 0 Å². The van der Waals surface area contributed by atoms with Crippen LogP contribution in [0.2, 0.25) is 0 Å². The van der Waals surface area contributed by atoms with Gasteiger partial charge < -0.3 is 25.8 Å². The van der Waals surface area contributed by atoms with Gasteiger partial charge in [-0.3, -0.25) is 4.57 Å². The maximum Gasteiger partial charge on any atom is 0.351 e. The summed E-state index contributed by atoms with van der Waals surface area (Å²) in [5.41, 5.74) is 1.56. The number of nitrogen functional groups attached to an aromatic ring is 1. The van der Waals surface area contributed by atoms with E-state index >= 15 is 0 Å². The maximum absolute atomic E-state index is 11.8. The fourth-order valence-electron chi connectivity index (χ4n) is 2.26. The minimum Gasteiger partial charge on any atom is -0.393 e. The van der Waals surface area contributed by atoms with Gasteiger partial charge >= 0.3 is 5.69 Å². The molecule has 0 radical (unpaired) electrons. The number of rotatable bonds is 2. The molecule has 2 rings (SSSR count). The van der Waals surface area contributed by atoms with E-state index in [1.54, 1.807) is 0 Å². The molecule has 1 aliphatic heterocycles. The fourth-order valence-corrected chi connectivity index (χ4v) is 2.26. The zero-order chi connectivity index (χ0) is 14.4. The van der Waals surface area contributed by atoms with Crippen molar-refractivity contribution < 1.29 is 20.1 Å². The van der Waals surface area contributed by atoms with E-state index in [-0.39, 0.29) is 5.82 Å². The van der Waals surface area contributed by atoms with Gasteiger partial charge in [0.15, 0.2) is 6.23 Å². The van der Waals surface area contributed by atoms with Crippen LogP contribution >= 0.6 is 0 Å². The lowest BCUT2D eigenvalue weighted by atomic mass is 9.89. The molecule has 0 bridgehead atoms. The predicted molar refractivity (Wildman–Crippen MR) is 65.2 cm³/mol. The van der Waals surface area contributed by atoms with E-state index in [4.69, 9.17) is 10.5 Å². The summed E-state index contributed by atoms with van der Waals surface area (Å²) in [5.74, 6) is 0.0457. The van der Waals surface area contributed by atoms with E-state index in [2.05, 4.69) is 4.98 Å². The quantitative estimate of drug-likeness (QED) is 0.500. The number of anilines is 1. The first-order valence-corrected chi connectivity index (χ1v) is 5.76. The predicted octanol–water partition coefficient (Wildman–Crippen LogP) is -1.78. The van der Waals surface area contributed by atoms with Crippen LogP contribution in [0.15, 0.2) is 17.1 Å². The zero-order valence-electron chi connectivity index (χ0n) is 10.6. The lowest BCUT2D eigenvalue weighted by Crippen LogP contribution is -2.50. The largest absolute Gasteiger partial charge is 0.393 e. The second-order valence-electron chi connectivity index (χ2n) is 5.11. The summed E-state index contributed by atoms with van der Waals surface area (Å²) in [7, 11) is 0. The van der Waals surface area contributed by atoms with E-state index in [0.717, 1.165) is 4.57 Å². The Hall–Kier alpha value is -1.48. The van der Waals surface area contributed by atoms with Crippen molar-refractivity contribution in [2.75, 3.05) is 12.3 Å². The Kier molecular flexibility index (Phi) is 3.13. The summed E-state index contributed by atoms with van der Waals surface area (Å²) in [6.45, 7) is 2.27. The van der Waals surface area contributed by atoms with Crippen molar-refractivity contribution in [1.29, 1.82) is 0 Å². The summed E-state index contributed by atoms with van der Waals surface area (Å²) in [6.07, 6.45) is -1.21. The highest BCUT2D eigenvalue weighted by molar-refractivity contribution is 5.24. The monoisotopic (exact) mass is 271 g/mol. The third-order valence-electron chi connectivity index (χ3n) is 3.43. The van der Waals surface area contributed by atoms with Gasteiger partial charge in [0.25, 0.3) is 0 Å². The first-order chi connectivity index (χ1) is 8.72. The SMILES string of the molecule is C[C@]1(CO)O[C@@H](n2ccc(N)nc2=O)[C@](C)(O)C1O. The van der Waals surface area contributed by atoms with Gasteiger partial charge in [0, 0.05) is 6.20 Å². The molecular weight excluding hydrogens is 254 g/mol. The molecule has 1 saturated heterocycles. The average molecular weight is 271 g/mol. The van der Waals surface area contributed by atoms with Gasteiger partial charge in [0.1, 0.15) is 23.1 Å². The highest BCUT2D eigenvalue weighted by atomic mass is 16.6. The van der Waals surface area contributed by atoms with Gasteiger partial charge in [-0.15, -0.1) is 0 Å². The van der Waals surface area contributed by atoms with Gasteiger partial charge in [0.2, 0.25) is 0 Å². The molecule has 106 valence electrons. The minimum atomic E-state index is -1.75. The Morgan fingerprint density at radius 1 is 1.58 bits per heavy atom. The second-order valence-corrected chi connectivity index (χ2v) is 5.11. The molecule has 0 amide bonds. The number of hydrogen-bond donors (Lipinski definition) is 4. The van der Waals surface area contributed by atoms with E-state index in [0.29, 0.717) is 0 Å². The first kappa shape index (κ1) is 13.9. The van der Waals surface area contributed by atoms with Crippen LogP contribution in [-0.4, -0.2) is 48.8 Å².